The maximum Gasteiger partial charge on any atom is 0.227 e. The number of hydrogen-bond donors (Lipinski definition) is 1. The molecule has 2 aliphatic heterocycles. The second-order valence-corrected chi connectivity index (χ2v) is 7.49. The lowest BCUT2D eigenvalue weighted by Gasteiger charge is -2.42. The van der Waals surface area contributed by atoms with E-state index in [1.54, 1.807) is 0 Å². The summed E-state index contributed by atoms with van der Waals surface area (Å²) in [6, 6.07) is 10.7. The van der Waals surface area contributed by atoms with Crippen molar-refractivity contribution in [2.45, 2.75) is 31.1 Å². The first-order valence-electron chi connectivity index (χ1n) is 7.95. The summed E-state index contributed by atoms with van der Waals surface area (Å²) >= 11 is 1.98. The zero-order chi connectivity index (χ0) is 14.7. The Balaban J connectivity index is 1.82. The molecule has 2 aliphatic rings. The molecule has 2 fully saturated rings. The van der Waals surface area contributed by atoms with Gasteiger partial charge in [-0.05, 0) is 24.9 Å². The van der Waals surface area contributed by atoms with E-state index in [1.807, 2.05) is 17.8 Å². The Morgan fingerprint density at radius 3 is 2.86 bits per heavy atom. The first-order chi connectivity index (χ1) is 10.3. The van der Waals surface area contributed by atoms with Crippen molar-refractivity contribution < 1.29 is 4.79 Å². The third kappa shape index (κ3) is 3.27. The largest absolute Gasteiger partial charge is 0.333 e. The third-order valence-electron chi connectivity index (χ3n) is 4.56. The topological polar surface area (TPSA) is 32.3 Å². The molecule has 2 saturated heterocycles. The van der Waals surface area contributed by atoms with Crippen molar-refractivity contribution in [3.8, 4) is 0 Å². The van der Waals surface area contributed by atoms with Gasteiger partial charge in [0.05, 0.1) is 12.0 Å². The van der Waals surface area contributed by atoms with Gasteiger partial charge < -0.3 is 10.2 Å². The number of carbonyl (C=O) groups is 1. The zero-order valence-electron chi connectivity index (χ0n) is 12.6. The summed E-state index contributed by atoms with van der Waals surface area (Å²) in [6.07, 6.45) is 2.15. The number of thioether (sulfide) groups is 1. The van der Waals surface area contributed by atoms with Gasteiger partial charge in [0, 0.05) is 24.1 Å². The molecule has 0 spiro atoms. The lowest BCUT2D eigenvalue weighted by Crippen LogP contribution is -2.49. The molecule has 0 bridgehead atoms. The average Bonchev–Trinajstić information content (AvgIpc) is 2.55. The van der Waals surface area contributed by atoms with E-state index < -0.39 is 0 Å². The Hall–Kier alpha value is -1.00. The highest BCUT2D eigenvalue weighted by molar-refractivity contribution is 8.00. The zero-order valence-corrected chi connectivity index (χ0v) is 13.4. The highest BCUT2D eigenvalue weighted by Gasteiger charge is 2.36. The molecule has 21 heavy (non-hydrogen) atoms. The number of amides is 1. The fourth-order valence-corrected chi connectivity index (χ4v) is 4.63. The van der Waals surface area contributed by atoms with Crippen LogP contribution in [0, 0.1) is 5.92 Å². The number of nitrogens with zero attached hydrogens (tertiary/aromatic N) is 1. The molecular weight excluding hydrogens is 280 g/mol. The second kappa shape index (κ2) is 6.84. The number of piperidine rings is 1. The first kappa shape index (κ1) is 14.9. The van der Waals surface area contributed by atoms with E-state index in [-0.39, 0.29) is 12.0 Å². The molecule has 3 atom stereocenters. The van der Waals surface area contributed by atoms with E-state index in [1.165, 1.54) is 5.56 Å². The first-order valence-corrected chi connectivity index (χ1v) is 9.00. The Morgan fingerprint density at radius 2 is 2.14 bits per heavy atom. The maximum absolute atomic E-state index is 13.0. The minimum absolute atomic E-state index is 0.167. The van der Waals surface area contributed by atoms with Gasteiger partial charge in [-0.1, -0.05) is 37.3 Å². The van der Waals surface area contributed by atoms with Gasteiger partial charge in [-0.3, -0.25) is 4.79 Å². The van der Waals surface area contributed by atoms with Crippen LogP contribution in [0.1, 0.15) is 31.4 Å². The molecule has 3 unspecified atom stereocenters. The summed E-state index contributed by atoms with van der Waals surface area (Å²) in [5, 5.41) is 3.83. The summed E-state index contributed by atoms with van der Waals surface area (Å²) < 4.78 is 0. The van der Waals surface area contributed by atoms with Crippen molar-refractivity contribution in [3.63, 3.8) is 0 Å². The minimum atomic E-state index is 0.167. The molecule has 0 aromatic heterocycles. The van der Waals surface area contributed by atoms with Crippen molar-refractivity contribution in [3.05, 3.63) is 35.9 Å². The molecule has 3 nitrogen and oxygen atoms in total. The summed E-state index contributed by atoms with van der Waals surface area (Å²) in [7, 11) is 0. The van der Waals surface area contributed by atoms with E-state index in [0.29, 0.717) is 11.2 Å². The van der Waals surface area contributed by atoms with Gasteiger partial charge in [-0.2, -0.15) is 11.8 Å². The number of hydrogen-bond acceptors (Lipinski definition) is 3. The third-order valence-corrected chi connectivity index (χ3v) is 5.77. The second-order valence-electron chi connectivity index (χ2n) is 6.01. The summed E-state index contributed by atoms with van der Waals surface area (Å²) in [5.41, 5.74) is 1.27. The molecule has 1 N–H and O–H groups in total. The normalized spacial score (nSPS) is 30.1. The molecule has 114 valence electrons. The Bertz CT molecular complexity index is 473. The van der Waals surface area contributed by atoms with Crippen LogP contribution in [0.25, 0.3) is 0 Å². The van der Waals surface area contributed by atoms with Crippen LogP contribution in [-0.2, 0) is 4.79 Å². The molecule has 0 radical (unpaired) electrons. The Kier molecular flexibility index (Phi) is 4.86. The van der Waals surface area contributed by atoms with Crippen molar-refractivity contribution >= 4 is 17.7 Å². The van der Waals surface area contributed by atoms with Crippen LogP contribution in [0.15, 0.2) is 30.3 Å². The van der Waals surface area contributed by atoms with E-state index in [4.69, 9.17) is 0 Å². The number of rotatable bonds is 2. The predicted molar refractivity (Wildman–Crippen MR) is 88.4 cm³/mol. The van der Waals surface area contributed by atoms with Crippen molar-refractivity contribution in [2.75, 3.05) is 25.4 Å². The van der Waals surface area contributed by atoms with Crippen molar-refractivity contribution in [1.82, 2.24) is 10.2 Å². The van der Waals surface area contributed by atoms with Crippen LogP contribution in [0.3, 0.4) is 0 Å². The molecule has 1 amide bonds. The monoisotopic (exact) mass is 304 g/mol. The molecule has 2 heterocycles. The van der Waals surface area contributed by atoms with Gasteiger partial charge in [-0.25, -0.2) is 0 Å². The molecule has 1 aromatic carbocycles. The van der Waals surface area contributed by atoms with E-state index in [0.717, 1.165) is 38.2 Å². The van der Waals surface area contributed by atoms with E-state index in [9.17, 15) is 4.79 Å². The van der Waals surface area contributed by atoms with Gasteiger partial charge in [0.1, 0.15) is 0 Å². The molecule has 4 heteroatoms. The number of benzene rings is 1. The van der Waals surface area contributed by atoms with Crippen LogP contribution in [-0.4, -0.2) is 41.4 Å². The fourth-order valence-electron chi connectivity index (χ4n) is 3.47. The van der Waals surface area contributed by atoms with Gasteiger partial charge in [0.15, 0.2) is 0 Å². The predicted octanol–water partition coefficient (Wildman–Crippen LogP) is 2.69. The highest BCUT2D eigenvalue weighted by atomic mass is 32.2. The van der Waals surface area contributed by atoms with Crippen LogP contribution in [0.5, 0.6) is 0 Å². The minimum Gasteiger partial charge on any atom is -0.333 e. The molecule has 0 aliphatic carbocycles. The van der Waals surface area contributed by atoms with E-state index >= 15 is 0 Å². The van der Waals surface area contributed by atoms with Gasteiger partial charge in [0.25, 0.3) is 0 Å². The smallest absolute Gasteiger partial charge is 0.227 e. The Morgan fingerprint density at radius 1 is 1.33 bits per heavy atom. The van der Waals surface area contributed by atoms with Crippen LogP contribution in [0.2, 0.25) is 0 Å². The van der Waals surface area contributed by atoms with E-state index in [2.05, 4.69) is 41.4 Å². The maximum atomic E-state index is 13.0. The molecule has 3 rings (SSSR count). The SMILES string of the molecule is CC1SCCN(C(=O)C2CCCNC2)C1c1ccccc1. The lowest BCUT2D eigenvalue weighted by molar-refractivity contribution is -0.138. The average molecular weight is 304 g/mol. The van der Waals surface area contributed by atoms with Crippen LogP contribution < -0.4 is 5.32 Å². The standard InChI is InChI=1S/C17H24N2OS/c1-13-16(14-6-3-2-4-7-14)19(10-11-21-13)17(20)15-8-5-9-18-12-15/h2-4,6-7,13,15-16,18H,5,8-12H2,1H3. The summed E-state index contributed by atoms with van der Waals surface area (Å²) in [6.45, 7) is 5.03. The molecule has 0 saturated carbocycles. The quantitative estimate of drug-likeness (QED) is 0.912. The van der Waals surface area contributed by atoms with Crippen molar-refractivity contribution in [2.24, 2.45) is 5.92 Å². The highest BCUT2D eigenvalue weighted by Crippen LogP contribution is 2.37. The van der Waals surface area contributed by atoms with Crippen LogP contribution in [0.4, 0.5) is 0 Å². The van der Waals surface area contributed by atoms with Crippen molar-refractivity contribution in [1.29, 1.82) is 0 Å². The Labute approximate surface area is 131 Å². The van der Waals surface area contributed by atoms with Crippen LogP contribution >= 0.6 is 11.8 Å². The summed E-state index contributed by atoms with van der Waals surface area (Å²) in [4.78, 5) is 15.1. The lowest BCUT2D eigenvalue weighted by atomic mass is 9.95. The number of nitrogens with one attached hydrogen (secondary N) is 1. The molecule has 1 aromatic rings. The van der Waals surface area contributed by atoms with Gasteiger partial charge >= 0.3 is 0 Å². The number of carbonyl (C=O) groups excluding carboxylic acids is 1. The fraction of sp³-hybridized carbons (Fsp3) is 0.588. The molecular formula is C17H24N2OS. The summed E-state index contributed by atoms with van der Waals surface area (Å²) in [5.74, 6) is 1.57. The van der Waals surface area contributed by atoms with Gasteiger partial charge in [0.2, 0.25) is 5.91 Å². The van der Waals surface area contributed by atoms with Gasteiger partial charge in [-0.15, -0.1) is 0 Å².